The van der Waals surface area contributed by atoms with Crippen molar-refractivity contribution in [1.82, 2.24) is 0 Å². The summed E-state index contributed by atoms with van der Waals surface area (Å²) in [7, 11) is 1.51. The molecule has 3 aromatic rings. The molecule has 4 nitrogen and oxygen atoms in total. The van der Waals surface area contributed by atoms with E-state index in [1.165, 1.54) is 19.2 Å². The maximum absolute atomic E-state index is 13.6. The maximum atomic E-state index is 13.6. The first-order valence-electron chi connectivity index (χ1n) is 8.87. The third kappa shape index (κ3) is 3.69. The lowest BCUT2D eigenvalue weighted by Gasteiger charge is -2.17. The van der Waals surface area contributed by atoms with Crippen LogP contribution in [-0.2, 0) is 0 Å². The van der Waals surface area contributed by atoms with Gasteiger partial charge in [-0.3, -0.25) is 4.79 Å². The number of anilines is 1. The normalized spacial score (nSPS) is 10.6. The molecule has 0 unspecified atom stereocenters. The summed E-state index contributed by atoms with van der Waals surface area (Å²) in [5, 5.41) is 12.8. The van der Waals surface area contributed by atoms with Crippen LogP contribution in [0.1, 0.15) is 27.0 Å². The molecule has 0 heterocycles. The Morgan fingerprint density at radius 1 is 1.00 bits per heavy atom. The second kappa shape index (κ2) is 7.72. The Balaban J connectivity index is 2.08. The number of aromatic hydroxyl groups is 1. The van der Waals surface area contributed by atoms with Crippen LogP contribution in [0.5, 0.6) is 11.5 Å². The van der Waals surface area contributed by atoms with Crippen molar-refractivity contribution in [3.8, 4) is 22.6 Å². The molecule has 0 radical (unpaired) electrons. The first-order chi connectivity index (χ1) is 13.3. The van der Waals surface area contributed by atoms with Crippen molar-refractivity contribution >= 4 is 11.6 Å². The van der Waals surface area contributed by atoms with Crippen molar-refractivity contribution in [1.29, 1.82) is 0 Å². The smallest absolute Gasteiger partial charge is 0.259 e. The van der Waals surface area contributed by atoms with Crippen molar-refractivity contribution in [2.75, 3.05) is 12.4 Å². The molecule has 144 valence electrons. The van der Waals surface area contributed by atoms with Crippen LogP contribution in [-0.4, -0.2) is 18.1 Å². The van der Waals surface area contributed by atoms with Crippen LogP contribution in [0.2, 0.25) is 0 Å². The highest BCUT2D eigenvalue weighted by Gasteiger charge is 2.19. The Morgan fingerprint density at radius 3 is 2.43 bits per heavy atom. The number of amides is 1. The molecule has 0 spiro atoms. The van der Waals surface area contributed by atoms with Crippen LogP contribution in [0.4, 0.5) is 10.1 Å². The third-order valence-electron chi connectivity index (χ3n) is 4.76. The van der Waals surface area contributed by atoms with Gasteiger partial charge in [-0.05, 0) is 73.4 Å². The van der Waals surface area contributed by atoms with Gasteiger partial charge in [-0.25, -0.2) is 4.39 Å². The van der Waals surface area contributed by atoms with Gasteiger partial charge in [0.05, 0.1) is 18.4 Å². The minimum absolute atomic E-state index is 0.109. The van der Waals surface area contributed by atoms with Crippen molar-refractivity contribution in [3.63, 3.8) is 0 Å². The highest BCUT2D eigenvalue weighted by Crippen LogP contribution is 2.33. The number of halogens is 1. The second-order valence-corrected chi connectivity index (χ2v) is 6.74. The van der Waals surface area contributed by atoms with E-state index in [0.717, 1.165) is 11.1 Å². The number of carbonyl (C=O) groups is 1. The summed E-state index contributed by atoms with van der Waals surface area (Å²) in [5.41, 5.74) is 4.46. The minimum atomic E-state index is -0.366. The summed E-state index contributed by atoms with van der Waals surface area (Å²) < 4.78 is 19.1. The Labute approximate surface area is 163 Å². The number of methoxy groups -OCH3 is 1. The number of rotatable bonds is 4. The Kier molecular flexibility index (Phi) is 5.36. The summed E-state index contributed by atoms with van der Waals surface area (Å²) in [5.74, 6) is -0.149. The zero-order valence-corrected chi connectivity index (χ0v) is 16.3. The fourth-order valence-corrected chi connectivity index (χ4v) is 3.26. The molecule has 1 amide bonds. The average Bonchev–Trinajstić information content (AvgIpc) is 2.67. The van der Waals surface area contributed by atoms with Gasteiger partial charge in [0, 0.05) is 5.56 Å². The summed E-state index contributed by atoms with van der Waals surface area (Å²) in [6.45, 7) is 5.43. The molecule has 2 N–H and O–H groups in total. The number of ether oxygens (including phenoxy) is 1. The first kappa shape index (κ1) is 19.4. The molecule has 3 rings (SSSR count). The molecule has 28 heavy (non-hydrogen) atoms. The standard InChI is InChI=1S/C23H22FNO3/c1-13-8-9-20(26)15(3)21(13)25-23(27)19-12-17(10-14(2)22(19)28-4)16-6-5-7-18(24)11-16/h5-12,26H,1-4H3,(H,25,27). The van der Waals surface area contributed by atoms with Gasteiger partial charge in [0.15, 0.2) is 0 Å². The van der Waals surface area contributed by atoms with E-state index in [0.29, 0.717) is 33.7 Å². The van der Waals surface area contributed by atoms with Gasteiger partial charge in [-0.15, -0.1) is 0 Å². The number of phenols is 1. The fourth-order valence-electron chi connectivity index (χ4n) is 3.26. The van der Waals surface area contributed by atoms with Crippen LogP contribution in [0, 0.1) is 26.6 Å². The second-order valence-electron chi connectivity index (χ2n) is 6.74. The lowest BCUT2D eigenvalue weighted by molar-refractivity contribution is 0.102. The first-order valence-corrected chi connectivity index (χ1v) is 8.87. The average molecular weight is 379 g/mol. The predicted molar refractivity (Wildman–Crippen MR) is 109 cm³/mol. The summed E-state index contributed by atoms with van der Waals surface area (Å²) >= 11 is 0. The lowest BCUT2D eigenvalue weighted by Crippen LogP contribution is -2.15. The Morgan fingerprint density at radius 2 is 1.75 bits per heavy atom. The number of carbonyl (C=O) groups excluding carboxylic acids is 1. The molecule has 0 aliphatic rings. The highest BCUT2D eigenvalue weighted by molar-refractivity contribution is 6.08. The van der Waals surface area contributed by atoms with Gasteiger partial charge in [-0.1, -0.05) is 18.2 Å². The lowest BCUT2D eigenvalue weighted by atomic mass is 9.98. The zero-order valence-electron chi connectivity index (χ0n) is 16.3. The summed E-state index contributed by atoms with van der Waals surface area (Å²) in [4.78, 5) is 13.1. The fraction of sp³-hybridized carbons (Fsp3) is 0.174. The molecule has 0 bridgehead atoms. The van der Waals surface area contributed by atoms with E-state index in [9.17, 15) is 14.3 Å². The van der Waals surface area contributed by atoms with E-state index in [2.05, 4.69) is 5.32 Å². The third-order valence-corrected chi connectivity index (χ3v) is 4.76. The number of phenolic OH excluding ortho intramolecular Hbond substituents is 1. The van der Waals surface area contributed by atoms with Gasteiger partial charge >= 0.3 is 0 Å². The minimum Gasteiger partial charge on any atom is -0.508 e. The molecule has 0 aromatic heterocycles. The van der Waals surface area contributed by atoms with Crippen molar-refractivity contribution in [2.45, 2.75) is 20.8 Å². The van der Waals surface area contributed by atoms with E-state index >= 15 is 0 Å². The number of benzene rings is 3. The highest BCUT2D eigenvalue weighted by atomic mass is 19.1. The molecule has 0 atom stereocenters. The summed E-state index contributed by atoms with van der Waals surface area (Å²) in [6, 6.07) is 13.1. The quantitative estimate of drug-likeness (QED) is 0.639. The van der Waals surface area contributed by atoms with Gasteiger partial charge in [-0.2, -0.15) is 0 Å². The maximum Gasteiger partial charge on any atom is 0.259 e. The molecule has 0 fully saturated rings. The Bertz CT molecular complexity index is 1060. The van der Waals surface area contributed by atoms with Crippen molar-refractivity contribution < 1.29 is 19.0 Å². The topological polar surface area (TPSA) is 58.6 Å². The van der Waals surface area contributed by atoms with Crippen LogP contribution < -0.4 is 10.1 Å². The number of nitrogens with one attached hydrogen (secondary N) is 1. The molecular weight excluding hydrogens is 357 g/mol. The number of hydrogen-bond donors (Lipinski definition) is 2. The molecular formula is C23H22FNO3. The number of aryl methyl sites for hydroxylation is 2. The Hall–Kier alpha value is -3.34. The van der Waals surface area contributed by atoms with Crippen LogP contribution in [0.3, 0.4) is 0 Å². The van der Waals surface area contributed by atoms with Crippen LogP contribution in [0.15, 0.2) is 48.5 Å². The van der Waals surface area contributed by atoms with E-state index in [1.54, 1.807) is 37.3 Å². The van der Waals surface area contributed by atoms with Crippen molar-refractivity contribution in [3.05, 3.63) is 76.6 Å². The predicted octanol–water partition coefficient (Wildman–Crippen LogP) is 5.38. The van der Waals surface area contributed by atoms with Gasteiger partial charge in [0.1, 0.15) is 17.3 Å². The van der Waals surface area contributed by atoms with Crippen LogP contribution in [0.25, 0.3) is 11.1 Å². The van der Waals surface area contributed by atoms with E-state index in [1.807, 2.05) is 19.9 Å². The van der Waals surface area contributed by atoms with Crippen molar-refractivity contribution in [2.24, 2.45) is 0 Å². The van der Waals surface area contributed by atoms with E-state index in [4.69, 9.17) is 4.74 Å². The molecule has 0 aliphatic heterocycles. The monoisotopic (exact) mass is 379 g/mol. The molecule has 0 saturated carbocycles. The van der Waals surface area contributed by atoms with Crippen LogP contribution >= 0.6 is 0 Å². The molecule has 3 aromatic carbocycles. The largest absolute Gasteiger partial charge is 0.508 e. The van der Waals surface area contributed by atoms with Gasteiger partial charge in [0.2, 0.25) is 0 Å². The SMILES string of the molecule is COc1c(C)cc(-c2cccc(F)c2)cc1C(=O)Nc1c(C)ccc(O)c1C. The van der Waals surface area contributed by atoms with E-state index in [-0.39, 0.29) is 17.5 Å². The summed E-state index contributed by atoms with van der Waals surface area (Å²) in [6.07, 6.45) is 0. The molecule has 5 heteroatoms. The van der Waals surface area contributed by atoms with Gasteiger partial charge in [0.25, 0.3) is 5.91 Å². The zero-order chi connectivity index (χ0) is 20.4. The molecule has 0 saturated heterocycles. The number of hydrogen-bond acceptors (Lipinski definition) is 3. The molecule has 0 aliphatic carbocycles. The van der Waals surface area contributed by atoms with Gasteiger partial charge < -0.3 is 15.2 Å². The van der Waals surface area contributed by atoms with E-state index < -0.39 is 0 Å².